The number of amides is 2. The molecule has 1 aromatic carbocycles. The number of benzene rings is 1. The van der Waals surface area contributed by atoms with Crippen LogP contribution >= 0.6 is 23.4 Å². The van der Waals surface area contributed by atoms with E-state index in [4.69, 9.17) is 11.6 Å². The van der Waals surface area contributed by atoms with Crippen LogP contribution in [0.4, 0.5) is 10.5 Å². The number of anilines is 1. The third-order valence-corrected chi connectivity index (χ3v) is 4.22. The van der Waals surface area contributed by atoms with Crippen LogP contribution in [0.25, 0.3) is 0 Å². The van der Waals surface area contributed by atoms with Gasteiger partial charge in [0, 0.05) is 29.3 Å². The molecule has 1 aliphatic rings. The average molecular weight is 315 g/mol. The number of thioether (sulfide) groups is 1. The molecule has 20 heavy (non-hydrogen) atoms. The van der Waals surface area contributed by atoms with Crippen LogP contribution in [-0.4, -0.2) is 49.9 Å². The maximum Gasteiger partial charge on any atom is 0.409 e. The molecule has 1 aromatic rings. The summed E-state index contributed by atoms with van der Waals surface area (Å²) in [6.45, 7) is 0.579. The van der Waals surface area contributed by atoms with Crippen LogP contribution in [0.15, 0.2) is 23.1 Å². The van der Waals surface area contributed by atoms with E-state index in [0.29, 0.717) is 11.6 Å². The minimum absolute atomic E-state index is 0.0245. The van der Waals surface area contributed by atoms with E-state index >= 15 is 0 Å². The summed E-state index contributed by atoms with van der Waals surface area (Å²) in [4.78, 5) is 27.6. The molecule has 2 rings (SSSR count). The maximum atomic E-state index is 12.3. The number of carbonyl (C=O) groups is 2. The van der Waals surface area contributed by atoms with E-state index in [-0.39, 0.29) is 12.5 Å². The second-order valence-electron chi connectivity index (χ2n) is 4.33. The quantitative estimate of drug-likeness (QED) is 0.841. The molecule has 0 atom stereocenters. The van der Waals surface area contributed by atoms with Crippen molar-refractivity contribution >= 4 is 41.1 Å². The summed E-state index contributed by atoms with van der Waals surface area (Å²) in [5.74, 6) is 0.671. The zero-order valence-electron chi connectivity index (χ0n) is 11.3. The second-order valence-corrected chi connectivity index (χ2v) is 5.91. The van der Waals surface area contributed by atoms with Crippen molar-refractivity contribution in [1.29, 1.82) is 0 Å². The lowest BCUT2D eigenvalue weighted by atomic mass is 10.2. The normalized spacial score (nSPS) is 13.7. The third-order valence-electron chi connectivity index (χ3n) is 2.94. The number of nitrogens with zero attached hydrogens (tertiary/aromatic N) is 2. The van der Waals surface area contributed by atoms with E-state index in [1.165, 1.54) is 19.1 Å². The van der Waals surface area contributed by atoms with Crippen molar-refractivity contribution < 1.29 is 14.3 Å². The number of methoxy groups -OCH3 is 1. The average Bonchev–Trinajstić information content (AvgIpc) is 2.45. The van der Waals surface area contributed by atoms with Crippen LogP contribution < -0.4 is 4.90 Å². The first-order chi connectivity index (χ1) is 9.52. The Morgan fingerprint density at radius 2 is 2.25 bits per heavy atom. The van der Waals surface area contributed by atoms with Gasteiger partial charge in [0.15, 0.2) is 0 Å². The number of hydrogen-bond donors (Lipinski definition) is 0. The number of rotatable bonds is 2. The van der Waals surface area contributed by atoms with Gasteiger partial charge in [-0.1, -0.05) is 11.6 Å². The van der Waals surface area contributed by atoms with Gasteiger partial charge < -0.3 is 14.5 Å². The Morgan fingerprint density at radius 3 is 2.95 bits per heavy atom. The summed E-state index contributed by atoms with van der Waals surface area (Å²) in [6.07, 6.45) is -0.531. The molecule has 0 aliphatic carbocycles. The molecule has 0 bridgehead atoms. The van der Waals surface area contributed by atoms with Gasteiger partial charge in [-0.05, 0) is 18.2 Å². The molecule has 7 heteroatoms. The highest BCUT2D eigenvalue weighted by Crippen LogP contribution is 2.36. The summed E-state index contributed by atoms with van der Waals surface area (Å²) >= 11 is 7.68. The number of halogens is 1. The van der Waals surface area contributed by atoms with Crippen molar-refractivity contribution in [3.63, 3.8) is 0 Å². The van der Waals surface area contributed by atoms with Crippen LogP contribution in [0.5, 0.6) is 0 Å². The van der Waals surface area contributed by atoms with Crippen LogP contribution in [-0.2, 0) is 9.53 Å². The van der Waals surface area contributed by atoms with Crippen molar-refractivity contribution in [2.24, 2.45) is 0 Å². The summed E-state index contributed by atoms with van der Waals surface area (Å²) < 4.78 is 4.58. The molecule has 108 valence electrons. The van der Waals surface area contributed by atoms with Gasteiger partial charge in [-0.2, -0.15) is 0 Å². The lowest BCUT2D eigenvalue weighted by Gasteiger charge is -2.30. The monoisotopic (exact) mass is 314 g/mol. The van der Waals surface area contributed by atoms with E-state index in [0.717, 1.165) is 16.3 Å². The summed E-state index contributed by atoms with van der Waals surface area (Å²) in [7, 11) is 2.82. The standard InChI is InChI=1S/C13H15ClN2O3S/c1-15(13(18)19-2)8-12(17)16-5-6-20-11-4-3-9(14)7-10(11)16/h3-4,7H,5-6,8H2,1-2H3. The van der Waals surface area contributed by atoms with Crippen LogP contribution in [0.3, 0.4) is 0 Å². The fourth-order valence-electron chi connectivity index (χ4n) is 1.96. The number of hydrogen-bond acceptors (Lipinski definition) is 4. The molecule has 0 aromatic heterocycles. The lowest BCUT2D eigenvalue weighted by Crippen LogP contribution is -2.43. The van der Waals surface area contributed by atoms with Crippen molar-refractivity contribution in [2.75, 3.05) is 37.9 Å². The van der Waals surface area contributed by atoms with Gasteiger partial charge in [-0.3, -0.25) is 4.79 Å². The van der Waals surface area contributed by atoms with Crippen LogP contribution in [0.2, 0.25) is 5.02 Å². The molecule has 0 unspecified atom stereocenters. The SMILES string of the molecule is COC(=O)N(C)CC(=O)N1CCSc2ccc(Cl)cc21. The predicted octanol–water partition coefficient (Wildman–Crippen LogP) is 2.48. The fraction of sp³-hybridized carbons (Fsp3) is 0.385. The van der Waals surface area contributed by atoms with Crippen LogP contribution in [0, 0.1) is 0 Å². The first-order valence-corrected chi connectivity index (χ1v) is 7.41. The first kappa shape index (κ1) is 15.0. The van der Waals surface area contributed by atoms with E-state index < -0.39 is 6.09 Å². The smallest absolute Gasteiger partial charge is 0.409 e. The zero-order valence-corrected chi connectivity index (χ0v) is 12.8. The first-order valence-electron chi connectivity index (χ1n) is 6.04. The Balaban J connectivity index is 2.16. The molecule has 1 heterocycles. The number of likely N-dealkylation sites (N-methyl/N-ethyl adjacent to an activating group) is 1. The molecule has 2 amide bonds. The van der Waals surface area contributed by atoms with Gasteiger partial charge in [-0.15, -0.1) is 11.8 Å². The maximum absolute atomic E-state index is 12.3. The molecule has 0 radical (unpaired) electrons. The molecular formula is C13H15ClN2O3S. The van der Waals surface area contributed by atoms with Crippen molar-refractivity contribution in [1.82, 2.24) is 4.90 Å². The van der Waals surface area contributed by atoms with Gasteiger partial charge in [0.2, 0.25) is 5.91 Å². The van der Waals surface area contributed by atoms with Gasteiger partial charge in [0.1, 0.15) is 6.54 Å². The largest absolute Gasteiger partial charge is 0.453 e. The highest BCUT2D eigenvalue weighted by Gasteiger charge is 2.25. The fourth-order valence-corrected chi connectivity index (χ4v) is 3.10. The molecule has 0 N–H and O–H groups in total. The Hall–Kier alpha value is -1.40. The summed E-state index contributed by atoms with van der Waals surface area (Å²) in [6, 6.07) is 5.49. The van der Waals surface area contributed by atoms with E-state index in [1.54, 1.807) is 22.7 Å². The highest BCUT2D eigenvalue weighted by molar-refractivity contribution is 7.99. The van der Waals surface area contributed by atoms with E-state index in [2.05, 4.69) is 4.74 Å². The predicted molar refractivity (Wildman–Crippen MR) is 79.6 cm³/mol. The lowest BCUT2D eigenvalue weighted by molar-refractivity contribution is -0.119. The van der Waals surface area contributed by atoms with Gasteiger partial charge in [-0.25, -0.2) is 4.79 Å². The van der Waals surface area contributed by atoms with Crippen LogP contribution in [0.1, 0.15) is 0 Å². The number of fused-ring (bicyclic) bond motifs is 1. The second kappa shape index (κ2) is 6.37. The summed E-state index contributed by atoms with van der Waals surface area (Å²) in [5.41, 5.74) is 0.803. The number of ether oxygens (including phenoxy) is 1. The van der Waals surface area contributed by atoms with E-state index in [9.17, 15) is 9.59 Å². The molecular weight excluding hydrogens is 300 g/mol. The molecule has 0 spiro atoms. The van der Waals surface area contributed by atoms with Crippen molar-refractivity contribution in [2.45, 2.75) is 4.90 Å². The Kier molecular flexibility index (Phi) is 4.77. The van der Waals surface area contributed by atoms with Gasteiger partial charge in [0.05, 0.1) is 12.8 Å². The number of carbonyl (C=O) groups excluding carboxylic acids is 2. The molecule has 0 fully saturated rings. The molecule has 0 saturated carbocycles. The minimum Gasteiger partial charge on any atom is -0.453 e. The highest BCUT2D eigenvalue weighted by atomic mass is 35.5. The van der Waals surface area contributed by atoms with E-state index in [1.807, 2.05) is 12.1 Å². The minimum atomic E-state index is -0.531. The molecule has 1 aliphatic heterocycles. The summed E-state index contributed by atoms with van der Waals surface area (Å²) in [5, 5.41) is 0.588. The van der Waals surface area contributed by atoms with Crippen molar-refractivity contribution in [3.8, 4) is 0 Å². The Morgan fingerprint density at radius 1 is 1.50 bits per heavy atom. The molecule has 5 nitrogen and oxygen atoms in total. The Labute approximate surface area is 126 Å². The Bertz CT molecular complexity index is 538. The van der Waals surface area contributed by atoms with Gasteiger partial charge in [0.25, 0.3) is 0 Å². The zero-order chi connectivity index (χ0) is 14.7. The van der Waals surface area contributed by atoms with Gasteiger partial charge >= 0.3 is 6.09 Å². The van der Waals surface area contributed by atoms with Crippen molar-refractivity contribution in [3.05, 3.63) is 23.2 Å². The topological polar surface area (TPSA) is 49.9 Å². The third kappa shape index (κ3) is 3.19. The molecule has 0 saturated heterocycles.